The molecule has 1 N–H and O–H groups in total. The molecule has 1 heterocycles. The van der Waals surface area contributed by atoms with Crippen LogP contribution in [-0.4, -0.2) is 6.54 Å². The van der Waals surface area contributed by atoms with E-state index in [4.69, 9.17) is 0 Å². The molecule has 2 aromatic rings. The van der Waals surface area contributed by atoms with E-state index in [9.17, 15) is 0 Å². The average molecular weight is 231 g/mol. The number of hydrogen-bond donors (Lipinski definition) is 1. The van der Waals surface area contributed by atoms with E-state index in [1.807, 2.05) is 0 Å². The van der Waals surface area contributed by atoms with Gasteiger partial charge in [-0.05, 0) is 23.4 Å². The van der Waals surface area contributed by atoms with E-state index in [0.29, 0.717) is 5.92 Å². The van der Waals surface area contributed by atoms with Gasteiger partial charge in [0.1, 0.15) is 0 Å². The van der Waals surface area contributed by atoms with Crippen molar-refractivity contribution in [2.24, 2.45) is 5.92 Å². The number of nitrogens with one attached hydrogen (secondary N) is 1. The largest absolute Gasteiger partial charge is 0.384 e. The number of hydrogen-bond acceptors (Lipinski definition) is 2. The first-order valence-corrected chi connectivity index (χ1v) is 6.52. The van der Waals surface area contributed by atoms with Gasteiger partial charge in [0.2, 0.25) is 0 Å². The van der Waals surface area contributed by atoms with E-state index >= 15 is 0 Å². The molecule has 1 aromatic heterocycles. The minimum Gasteiger partial charge on any atom is -0.384 e. The van der Waals surface area contributed by atoms with Crippen molar-refractivity contribution in [3.8, 4) is 10.4 Å². The van der Waals surface area contributed by atoms with Gasteiger partial charge in [0.25, 0.3) is 0 Å². The van der Waals surface area contributed by atoms with Crippen molar-refractivity contribution in [2.75, 3.05) is 11.9 Å². The highest BCUT2D eigenvalue weighted by atomic mass is 32.1. The van der Waals surface area contributed by atoms with Crippen molar-refractivity contribution < 1.29 is 0 Å². The van der Waals surface area contributed by atoms with Crippen LogP contribution in [0.1, 0.15) is 13.8 Å². The lowest BCUT2D eigenvalue weighted by atomic mass is 10.1. The molecule has 0 aliphatic rings. The summed E-state index contributed by atoms with van der Waals surface area (Å²) in [5, 5.41) is 5.63. The monoisotopic (exact) mass is 231 g/mol. The standard InChI is InChI=1S/C14H17NS/c1-11(2)10-15-13-7-4-3-6-12(13)14-8-5-9-16-14/h3-9,11,15H,10H2,1-2H3. The Morgan fingerprint density at radius 3 is 2.62 bits per heavy atom. The summed E-state index contributed by atoms with van der Waals surface area (Å²) in [4.78, 5) is 1.33. The number of benzene rings is 1. The van der Waals surface area contributed by atoms with Gasteiger partial charge in [0, 0.05) is 22.7 Å². The SMILES string of the molecule is CC(C)CNc1ccccc1-c1cccs1. The third kappa shape index (κ3) is 2.64. The molecule has 0 amide bonds. The Bertz CT molecular complexity index is 432. The number of para-hydroxylation sites is 1. The zero-order valence-corrected chi connectivity index (χ0v) is 10.6. The van der Waals surface area contributed by atoms with Crippen molar-refractivity contribution in [2.45, 2.75) is 13.8 Å². The van der Waals surface area contributed by atoms with E-state index in [-0.39, 0.29) is 0 Å². The first-order valence-electron chi connectivity index (χ1n) is 5.64. The molecule has 0 unspecified atom stereocenters. The van der Waals surface area contributed by atoms with Crippen LogP contribution in [0.15, 0.2) is 41.8 Å². The maximum atomic E-state index is 3.51. The Kier molecular flexibility index (Phi) is 3.62. The summed E-state index contributed by atoms with van der Waals surface area (Å²) in [5.74, 6) is 0.663. The van der Waals surface area contributed by atoms with Crippen molar-refractivity contribution in [1.82, 2.24) is 0 Å². The zero-order valence-electron chi connectivity index (χ0n) is 9.73. The van der Waals surface area contributed by atoms with E-state index in [1.54, 1.807) is 11.3 Å². The Balaban J connectivity index is 2.24. The predicted molar refractivity (Wildman–Crippen MR) is 73.1 cm³/mol. The lowest BCUT2D eigenvalue weighted by Crippen LogP contribution is -2.08. The summed E-state index contributed by atoms with van der Waals surface area (Å²) in [7, 11) is 0. The van der Waals surface area contributed by atoms with Crippen molar-refractivity contribution in [1.29, 1.82) is 0 Å². The zero-order chi connectivity index (χ0) is 11.4. The summed E-state index contributed by atoms with van der Waals surface area (Å²) >= 11 is 1.78. The highest BCUT2D eigenvalue weighted by Crippen LogP contribution is 2.31. The minimum absolute atomic E-state index is 0.663. The van der Waals surface area contributed by atoms with E-state index < -0.39 is 0 Å². The van der Waals surface area contributed by atoms with E-state index in [0.717, 1.165) is 6.54 Å². The number of thiophene rings is 1. The van der Waals surface area contributed by atoms with Gasteiger partial charge in [0.15, 0.2) is 0 Å². The highest BCUT2D eigenvalue weighted by molar-refractivity contribution is 7.13. The third-order valence-corrected chi connectivity index (χ3v) is 3.32. The molecular weight excluding hydrogens is 214 g/mol. The molecule has 0 bridgehead atoms. The van der Waals surface area contributed by atoms with Gasteiger partial charge in [-0.25, -0.2) is 0 Å². The van der Waals surface area contributed by atoms with E-state index in [2.05, 4.69) is 60.9 Å². The topological polar surface area (TPSA) is 12.0 Å². The summed E-state index contributed by atoms with van der Waals surface area (Å²) < 4.78 is 0. The van der Waals surface area contributed by atoms with E-state index in [1.165, 1.54) is 16.1 Å². The Labute approximate surface area is 101 Å². The fraction of sp³-hybridized carbons (Fsp3) is 0.286. The van der Waals surface area contributed by atoms with Crippen LogP contribution in [0.5, 0.6) is 0 Å². The fourth-order valence-electron chi connectivity index (χ4n) is 1.60. The first kappa shape index (κ1) is 11.2. The lowest BCUT2D eigenvalue weighted by Gasteiger charge is -2.12. The second-order valence-corrected chi connectivity index (χ2v) is 5.25. The molecule has 0 aliphatic heterocycles. The predicted octanol–water partition coefficient (Wildman–Crippen LogP) is 4.48. The minimum atomic E-state index is 0.663. The van der Waals surface area contributed by atoms with Crippen LogP contribution in [0.25, 0.3) is 10.4 Å². The van der Waals surface area contributed by atoms with Crippen LogP contribution < -0.4 is 5.32 Å². The van der Waals surface area contributed by atoms with Gasteiger partial charge < -0.3 is 5.32 Å². The highest BCUT2D eigenvalue weighted by Gasteiger charge is 2.05. The number of rotatable bonds is 4. The quantitative estimate of drug-likeness (QED) is 0.818. The first-order chi connectivity index (χ1) is 7.77. The second kappa shape index (κ2) is 5.17. The summed E-state index contributed by atoms with van der Waals surface area (Å²) in [5.41, 5.74) is 2.54. The Hall–Kier alpha value is -1.28. The second-order valence-electron chi connectivity index (χ2n) is 4.30. The molecule has 2 rings (SSSR count). The van der Waals surface area contributed by atoms with Gasteiger partial charge >= 0.3 is 0 Å². The fourth-order valence-corrected chi connectivity index (χ4v) is 2.36. The third-order valence-electron chi connectivity index (χ3n) is 2.41. The normalized spacial score (nSPS) is 10.7. The molecule has 0 aliphatic carbocycles. The Morgan fingerprint density at radius 1 is 1.12 bits per heavy atom. The maximum Gasteiger partial charge on any atom is 0.0428 e. The summed E-state index contributed by atoms with van der Waals surface area (Å²) in [6, 6.07) is 12.8. The molecule has 16 heavy (non-hydrogen) atoms. The molecule has 0 atom stereocenters. The summed E-state index contributed by atoms with van der Waals surface area (Å²) in [6.45, 7) is 5.46. The smallest absolute Gasteiger partial charge is 0.0428 e. The van der Waals surface area contributed by atoms with Crippen LogP contribution in [0, 0.1) is 5.92 Å². The van der Waals surface area contributed by atoms with Crippen molar-refractivity contribution in [3.63, 3.8) is 0 Å². The van der Waals surface area contributed by atoms with Crippen molar-refractivity contribution in [3.05, 3.63) is 41.8 Å². The molecule has 1 nitrogen and oxygen atoms in total. The maximum absolute atomic E-state index is 3.51. The van der Waals surface area contributed by atoms with Gasteiger partial charge in [-0.3, -0.25) is 0 Å². The van der Waals surface area contributed by atoms with Gasteiger partial charge in [-0.1, -0.05) is 38.1 Å². The summed E-state index contributed by atoms with van der Waals surface area (Å²) in [6.07, 6.45) is 0. The molecule has 1 aromatic carbocycles. The Morgan fingerprint density at radius 2 is 1.94 bits per heavy atom. The van der Waals surface area contributed by atoms with Crippen LogP contribution in [-0.2, 0) is 0 Å². The van der Waals surface area contributed by atoms with Gasteiger partial charge in [-0.15, -0.1) is 11.3 Å². The van der Waals surface area contributed by atoms with Gasteiger partial charge in [-0.2, -0.15) is 0 Å². The average Bonchev–Trinajstić information content (AvgIpc) is 2.80. The molecule has 0 fully saturated rings. The van der Waals surface area contributed by atoms with Crippen LogP contribution in [0.4, 0.5) is 5.69 Å². The van der Waals surface area contributed by atoms with Crippen LogP contribution in [0.2, 0.25) is 0 Å². The molecule has 0 saturated carbocycles. The molecule has 84 valence electrons. The van der Waals surface area contributed by atoms with Crippen LogP contribution >= 0.6 is 11.3 Å². The molecule has 0 saturated heterocycles. The van der Waals surface area contributed by atoms with Crippen molar-refractivity contribution >= 4 is 17.0 Å². The number of anilines is 1. The molecule has 2 heteroatoms. The molecule has 0 spiro atoms. The molecular formula is C14H17NS. The molecule has 0 radical (unpaired) electrons. The lowest BCUT2D eigenvalue weighted by molar-refractivity contribution is 0.689. The van der Waals surface area contributed by atoms with Gasteiger partial charge in [0.05, 0.1) is 0 Å². The van der Waals surface area contributed by atoms with Crippen LogP contribution in [0.3, 0.4) is 0 Å².